The van der Waals surface area contributed by atoms with Gasteiger partial charge in [-0.1, -0.05) is 64.7 Å². The van der Waals surface area contributed by atoms with Gasteiger partial charge < -0.3 is 30.5 Å². The highest BCUT2D eigenvalue weighted by Crippen LogP contribution is 2.21. The zero-order chi connectivity index (χ0) is 17.8. The summed E-state index contributed by atoms with van der Waals surface area (Å²) in [6, 6.07) is -0.800. The molecule has 0 amide bonds. The first-order valence-corrected chi connectivity index (χ1v) is 9.61. The maximum Gasteiger partial charge on any atom is 0.175 e. The van der Waals surface area contributed by atoms with Crippen LogP contribution in [0.25, 0.3) is 0 Å². The van der Waals surface area contributed by atoms with E-state index in [1.807, 2.05) is 0 Å². The summed E-state index contributed by atoms with van der Waals surface area (Å²) in [7, 11) is 0. The van der Waals surface area contributed by atoms with Crippen LogP contribution < -0.4 is 5.73 Å². The van der Waals surface area contributed by atoms with Gasteiger partial charge >= 0.3 is 0 Å². The average Bonchev–Trinajstić information content (AvgIpc) is 2.59. The molecule has 0 aromatic heterocycles. The van der Waals surface area contributed by atoms with Gasteiger partial charge in [0.05, 0.1) is 12.6 Å². The Bertz CT molecular complexity index is 303. The first-order chi connectivity index (χ1) is 11.6. The van der Waals surface area contributed by atoms with Gasteiger partial charge in [0.2, 0.25) is 0 Å². The second kappa shape index (κ2) is 13.0. The third-order valence-electron chi connectivity index (χ3n) is 4.71. The zero-order valence-electron chi connectivity index (χ0n) is 15.1. The molecule has 1 rings (SSSR count). The molecule has 1 heterocycles. The summed E-state index contributed by atoms with van der Waals surface area (Å²) in [4.78, 5) is 0. The summed E-state index contributed by atoms with van der Waals surface area (Å²) >= 11 is 0. The van der Waals surface area contributed by atoms with E-state index < -0.39 is 30.6 Å². The van der Waals surface area contributed by atoms with E-state index >= 15 is 0 Å². The molecule has 1 aliphatic rings. The summed E-state index contributed by atoms with van der Waals surface area (Å²) in [6.45, 7) is 2.37. The largest absolute Gasteiger partial charge is 0.394 e. The maximum absolute atomic E-state index is 9.85. The Hall–Kier alpha value is -0.240. The van der Waals surface area contributed by atoms with Gasteiger partial charge in [0, 0.05) is 6.61 Å². The van der Waals surface area contributed by atoms with Crippen LogP contribution >= 0.6 is 0 Å². The molecule has 5 atom stereocenters. The molecule has 0 aliphatic carbocycles. The van der Waals surface area contributed by atoms with E-state index in [0.717, 1.165) is 12.8 Å². The summed E-state index contributed by atoms with van der Waals surface area (Å²) in [5, 5.41) is 28.7. The second-order valence-electron chi connectivity index (χ2n) is 6.84. The Morgan fingerprint density at radius 1 is 0.875 bits per heavy atom. The van der Waals surface area contributed by atoms with Crippen LogP contribution in [-0.2, 0) is 9.47 Å². The van der Waals surface area contributed by atoms with Gasteiger partial charge in [0.15, 0.2) is 6.29 Å². The highest BCUT2D eigenvalue weighted by molar-refractivity contribution is 4.91. The summed E-state index contributed by atoms with van der Waals surface area (Å²) in [5.41, 5.74) is 5.82. The van der Waals surface area contributed by atoms with E-state index in [2.05, 4.69) is 6.92 Å². The molecule has 144 valence electrons. The van der Waals surface area contributed by atoms with Crippen molar-refractivity contribution in [3.05, 3.63) is 0 Å². The lowest BCUT2D eigenvalue weighted by atomic mass is 9.98. The number of nitrogens with two attached hydrogens (primary N) is 1. The van der Waals surface area contributed by atoms with Crippen molar-refractivity contribution in [3.8, 4) is 0 Å². The van der Waals surface area contributed by atoms with Crippen LogP contribution in [0, 0.1) is 0 Å². The molecule has 6 heteroatoms. The molecule has 1 saturated heterocycles. The average molecular weight is 347 g/mol. The Morgan fingerprint density at radius 2 is 1.42 bits per heavy atom. The summed E-state index contributed by atoms with van der Waals surface area (Å²) < 4.78 is 11.0. The monoisotopic (exact) mass is 347 g/mol. The SMILES string of the molecule is CCCCCCCCCCCCO[C@@H]1O[C@H](CO)[C@@H](O)[C@H](O)[C@H]1N. The molecule has 24 heavy (non-hydrogen) atoms. The maximum atomic E-state index is 9.85. The molecule has 1 fully saturated rings. The van der Waals surface area contributed by atoms with Crippen molar-refractivity contribution in [2.75, 3.05) is 13.2 Å². The van der Waals surface area contributed by atoms with Crippen molar-refractivity contribution in [2.24, 2.45) is 5.73 Å². The molecule has 1 aliphatic heterocycles. The summed E-state index contributed by atoms with van der Waals surface area (Å²) in [5.74, 6) is 0. The van der Waals surface area contributed by atoms with Gasteiger partial charge in [0.1, 0.15) is 18.3 Å². The molecule has 6 nitrogen and oxygen atoms in total. The number of ether oxygens (including phenoxy) is 2. The molecular formula is C18H37NO5. The smallest absolute Gasteiger partial charge is 0.175 e. The lowest BCUT2D eigenvalue weighted by Gasteiger charge is -2.40. The minimum Gasteiger partial charge on any atom is -0.394 e. The highest BCUT2D eigenvalue weighted by Gasteiger charge is 2.42. The molecule has 0 saturated carbocycles. The van der Waals surface area contributed by atoms with Crippen LogP contribution in [0.5, 0.6) is 0 Å². The van der Waals surface area contributed by atoms with Crippen LogP contribution in [0.15, 0.2) is 0 Å². The normalized spacial score (nSPS) is 30.6. The Balaban J connectivity index is 2.02. The number of aliphatic hydroxyl groups excluding tert-OH is 3. The van der Waals surface area contributed by atoms with Crippen LogP contribution in [0.1, 0.15) is 71.1 Å². The molecule has 0 unspecified atom stereocenters. The fourth-order valence-electron chi connectivity index (χ4n) is 3.04. The second-order valence-corrected chi connectivity index (χ2v) is 6.84. The molecule has 5 N–H and O–H groups in total. The minimum absolute atomic E-state index is 0.372. The van der Waals surface area contributed by atoms with Crippen molar-refractivity contribution < 1.29 is 24.8 Å². The highest BCUT2D eigenvalue weighted by atomic mass is 16.7. The number of hydrogen-bond acceptors (Lipinski definition) is 6. The van der Waals surface area contributed by atoms with E-state index in [9.17, 15) is 10.2 Å². The predicted molar refractivity (Wildman–Crippen MR) is 93.5 cm³/mol. The Morgan fingerprint density at radius 3 is 1.96 bits per heavy atom. The van der Waals surface area contributed by atoms with Gasteiger partial charge in [-0.25, -0.2) is 0 Å². The predicted octanol–water partition coefficient (Wildman–Crippen LogP) is 1.69. The lowest BCUT2D eigenvalue weighted by molar-refractivity contribution is -0.265. The number of unbranched alkanes of at least 4 members (excludes halogenated alkanes) is 9. The summed E-state index contributed by atoms with van der Waals surface area (Å²) in [6.07, 6.45) is 8.56. The van der Waals surface area contributed by atoms with Gasteiger partial charge in [-0.3, -0.25) is 0 Å². The van der Waals surface area contributed by atoms with E-state index in [-0.39, 0.29) is 6.61 Å². The van der Waals surface area contributed by atoms with Gasteiger partial charge in [0.25, 0.3) is 0 Å². The Labute approximate surface area is 146 Å². The lowest BCUT2D eigenvalue weighted by Crippen LogP contribution is -2.62. The van der Waals surface area contributed by atoms with Crippen molar-refractivity contribution in [3.63, 3.8) is 0 Å². The van der Waals surface area contributed by atoms with Crippen LogP contribution in [0.2, 0.25) is 0 Å². The standard InChI is InChI=1S/C18H37NO5/c1-2-3-4-5-6-7-8-9-10-11-12-23-18-15(19)17(22)16(21)14(13-20)24-18/h14-18,20-22H,2-13,19H2,1H3/t14-,15-,16-,17-,18-/m1/s1. The molecule has 0 bridgehead atoms. The van der Waals surface area contributed by atoms with Crippen molar-refractivity contribution >= 4 is 0 Å². The molecular weight excluding hydrogens is 310 g/mol. The topological polar surface area (TPSA) is 105 Å². The van der Waals surface area contributed by atoms with Crippen LogP contribution in [-0.4, -0.2) is 59.2 Å². The molecule has 0 spiro atoms. The zero-order valence-corrected chi connectivity index (χ0v) is 15.1. The van der Waals surface area contributed by atoms with Crippen molar-refractivity contribution in [1.82, 2.24) is 0 Å². The number of rotatable bonds is 13. The Kier molecular flexibility index (Phi) is 11.8. The third kappa shape index (κ3) is 7.76. The molecule has 0 radical (unpaired) electrons. The molecule has 0 aromatic rings. The van der Waals surface area contributed by atoms with Gasteiger partial charge in [-0.15, -0.1) is 0 Å². The fourth-order valence-corrected chi connectivity index (χ4v) is 3.04. The first-order valence-electron chi connectivity index (χ1n) is 9.61. The van der Waals surface area contributed by atoms with Crippen LogP contribution in [0.3, 0.4) is 0 Å². The molecule has 0 aromatic carbocycles. The van der Waals surface area contributed by atoms with E-state index in [0.29, 0.717) is 6.61 Å². The number of hydrogen-bond donors (Lipinski definition) is 4. The first kappa shape index (κ1) is 21.8. The van der Waals surface area contributed by atoms with E-state index in [4.69, 9.17) is 20.3 Å². The van der Waals surface area contributed by atoms with E-state index in [1.165, 1.54) is 51.4 Å². The van der Waals surface area contributed by atoms with Crippen molar-refractivity contribution in [1.29, 1.82) is 0 Å². The quantitative estimate of drug-likeness (QED) is 0.378. The fraction of sp³-hybridized carbons (Fsp3) is 1.00. The minimum atomic E-state index is -1.18. The van der Waals surface area contributed by atoms with Gasteiger partial charge in [-0.2, -0.15) is 0 Å². The van der Waals surface area contributed by atoms with E-state index in [1.54, 1.807) is 0 Å². The number of aliphatic hydroxyl groups is 3. The van der Waals surface area contributed by atoms with Gasteiger partial charge in [-0.05, 0) is 6.42 Å². The van der Waals surface area contributed by atoms with Crippen LogP contribution in [0.4, 0.5) is 0 Å². The van der Waals surface area contributed by atoms with Crippen molar-refractivity contribution in [2.45, 2.75) is 102 Å². The third-order valence-corrected chi connectivity index (χ3v) is 4.71.